The number of oxazole rings is 1. The number of anilines is 3. The summed E-state index contributed by atoms with van der Waals surface area (Å²) in [5, 5.41) is 6.03. The minimum Gasteiger partial charge on any atom is -0.464 e. The average Bonchev–Trinajstić information content (AvgIpc) is 3.36. The Hall–Kier alpha value is -3.26. The molecule has 4 N–H and O–H groups in total. The fraction of sp³-hybridized carbons (Fsp3) is 0.222. The molecule has 0 atom stereocenters. The third-order valence-electron chi connectivity index (χ3n) is 4.21. The number of carbonyl (C=O) groups excluding carboxylic acids is 1. The molecule has 1 saturated heterocycles. The number of nitrogen functional groups attached to an aromatic ring is 1. The standard InChI is InChI=1S/C18H19N5O3/c19-13-4-3-12(15-2-1-9-25-15)10-14(13)22-17(24)16-11-21-18(26-16)23-7-5-20-6-8-23/h1-4,9-11,20H,5-8,19H2,(H,22,24). The predicted molar refractivity (Wildman–Crippen MR) is 98.1 cm³/mol. The van der Waals surface area contributed by atoms with Gasteiger partial charge in [-0.3, -0.25) is 4.79 Å². The lowest BCUT2D eigenvalue weighted by Crippen LogP contribution is -2.43. The summed E-state index contributed by atoms with van der Waals surface area (Å²) < 4.78 is 11.0. The van der Waals surface area contributed by atoms with Crippen LogP contribution in [0.2, 0.25) is 0 Å². The molecule has 0 saturated carbocycles. The Morgan fingerprint density at radius 2 is 2.12 bits per heavy atom. The van der Waals surface area contributed by atoms with Gasteiger partial charge in [-0.05, 0) is 30.3 Å². The van der Waals surface area contributed by atoms with Gasteiger partial charge in [-0.2, -0.15) is 0 Å². The Morgan fingerprint density at radius 3 is 2.88 bits per heavy atom. The Bertz CT molecular complexity index is 897. The number of hydrogen-bond acceptors (Lipinski definition) is 7. The van der Waals surface area contributed by atoms with E-state index in [1.165, 1.54) is 6.20 Å². The normalized spacial score (nSPS) is 14.4. The van der Waals surface area contributed by atoms with Crippen molar-refractivity contribution in [2.45, 2.75) is 0 Å². The highest BCUT2D eigenvalue weighted by atomic mass is 16.4. The molecule has 8 heteroatoms. The van der Waals surface area contributed by atoms with Crippen molar-refractivity contribution in [3.63, 3.8) is 0 Å². The number of aromatic nitrogens is 1. The average molecular weight is 353 g/mol. The third-order valence-corrected chi connectivity index (χ3v) is 4.21. The van der Waals surface area contributed by atoms with Crippen molar-refractivity contribution in [3.05, 3.63) is 48.6 Å². The van der Waals surface area contributed by atoms with E-state index in [9.17, 15) is 4.79 Å². The summed E-state index contributed by atoms with van der Waals surface area (Å²) in [7, 11) is 0. The second kappa shape index (κ2) is 6.93. The zero-order valence-electron chi connectivity index (χ0n) is 14.1. The van der Waals surface area contributed by atoms with E-state index in [2.05, 4.69) is 15.6 Å². The number of benzene rings is 1. The Kier molecular flexibility index (Phi) is 4.32. The lowest BCUT2D eigenvalue weighted by molar-refractivity contribution is 0.0997. The first-order valence-corrected chi connectivity index (χ1v) is 8.37. The van der Waals surface area contributed by atoms with E-state index in [4.69, 9.17) is 14.6 Å². The lowest BCUT2D eigenvalue weighted by atomic mass is 10.1. The smallest absolute Gasteiger partial charge is 0.298 e. The summed E-state index contributed by atoms with van der Waals surface area (Å²) in [5.74, 6) is 0.435. The summed E-state index contributed by atoms with van der Waals surface area (Å²) in [6.07, 6.45) is 3.02. The van der Waals surface area contributed by atoms with E-state index in [0.717, 1.165) is 31.7 Å². The van der Waals surface area contributed by atoms with E-state index in [-0.39, 0.29) is 5.76 Å². The molecule has 0 spiro atoms. The molecule has 0 bridgehead atoms. The first-order valence-electron chi connectivity index (χ1n) is 8.37. The summed E-state index contributed by atoms with van der Waals surface area (Å²) in [4.78, 5) is 18.7. The van der Waals surface area contributed by atoms with Crippen LogP contribution in [0.5, 0.6) is 0 Å². The SMILES string of the molecule is Nc1ccc(-c2ccco2)cc1NC(=O)c1cnc(N2CCNCC2)o1. The van der Waals surface area contributed by atoms with Crippen LogP contribution >= 0.6 is 0 Å². The topological polar surface area (TPSA) is 110 Å². The molecule has 0 aliphatic carbocycles. The van der Waals surface area contributed by atoms with Crippen LogP contribution in [0, 0.1) is 0 Å². The Morgan fingerprint density at radius 1 is 1.27 bits per heavy atom. The van der Waals surface area contributed by atoms with Crippen LogP contribution in [0.1, 0.15) is 10.6 Å². The number of furan rings is 1. The van der Waals surface area contributed by atoms with Crippen molar-refractivity contribution in [2.75, 3.05) is 42.1 Å². The van der Waals surface area contributed by atoms with Crippen molar-refractivity contribution in [2.24, 2.45) is 0 Å². The number of nitrogens with one attached hydrogen (secondary N) is 2. The number of nitrogens with two attached hydrogens (primary N) is 1. The molecule has 3 heterocycles. The van der Waals surface area contributed by atoms with Gasteiger partial charge in [0.15, 0.2) is 0 Å². The van der Waals surface area contributed by atoms with Gasteiger partial charge in [0.1, 0.15) is 5.76 Å². The van der Waals surface area contributed by atoms with E-state index in [0.29, 0.717) is 23.1 Å². The maximum Gasteiger partial charge on any atom is 0.298 e. The number of amides is 1. The quantitative estimate of drug-likeness (QED) is 0.617. The summed E-state index contributed by atoms with van der Waals surface area (Å²) in [6.45, 7) is 3.31. The number of piperazine rings is 1. The van der Waals surface area contributed by atoms with Gasteiger partial charge in [0.2, 0.25) is 5.76 Å². The Labute approximate surface area is 150 Å². The number of rotatable bonds is 4. The minimum absolute atomic E-state index is 0.140. The molecular weight excluding hydrogens is 334 g/mol. The molecule has 1 aromatic carbocycles. The molecular formula is C18H19N5O3. The second-order valence-electron chi connectivity index (χ2n) is 5.98. The first kappa shape index (κ1) is 16.2. The number of hydrogen-bond donors (Lipinski definition) is 3. The molecule has 4 rings (SSSR count). The molecule has 8 nitrogen and oxygen atoms in total. The first-order chi connectivity index (χ1) is 12.7. The molecule has 1 aliphatic heterocycles. The molecule has 134 valence electrons. The van der Waals surface area contributed by atoms with Crippen LogP contribution in [0.25, 0.3) is 11.3 Å². The third kappa shape index (κ3) is 3.27. The van der Waals surface area contributed by atoms with Gasteiger partial charge in [0.05, 0.1) is 23.8 Å². The summed E-state index contributed by atoms with van der Waals surface area (Å²) >= 11 is 0. The maximum atomic E-state index is 12.5. The van der Waals surface area contributed by atoms with E-state index >= 15 is 0 Å². The lowest BCUT2D eigenvalue weighted by Gasteiger charge is -2.25. The van der Waals surface area contributed by atoms with Crippen molar-refractivity contribution in [1.82, 2.24) is 10.3 Å². The largest absolute Gasteiger partial charge is 0.464 e. The van der Waals surface area contributed by atoms with E-state index in [1.807, 2.05) is 17.0 Å². The molecule has 1 fully saturated rings. The number of carbonyl (C=O) groups is 1. The Balaban J connectivity index is 1.51. The van der Waals surface area contributed by atoms with Gasteiger partial charge >= 0.3 is 0 Å². The molecule has 0 radical (unpaired) electrons. The molecule has 0 unspecified atom stereocenters. The van der Waals surface area contributed by atoms with Gasteiger partial charge in [-0.15, -0.1) is 0 Å². The monoisotopic (exact) mass is 353 g/mol. The fourth-order valence-corrected chi connectivity index (χ4v) is 2.82. The van der Waals surface area contributed by atoms with Crippen molar-refractivity contribution >= 4 is 23.3 Å². The second-order valence-corrected chi connectivity index (χ2v) is 5.98. The van der Waals surface area contributed by atoms with Crippen LogP contribution in [-0.2, 0) is 0 Å². The van der Waals surface area contributed by atoms with Crippen molar-refractivity contribution in [1.29, 1.82) is 0 Å². The summed E-state index contributed by atoms with van der Waals surface area (Å²) in [6, 6.07) is 9.41. The predicted octanol–water partition coefficient (Wildman–Crippen LogP) is 2.18. The maximum absolute atomic E-state index is 12.5. The van der Waals surface area contributed by atoms with Gasteiger partial charge in [0, 0.05) is 31.7 Å². The molecule has 3 aromatic rings. The molecule has 2 aromatic heterocycles. The molecule has 26 heavy (non-hydrogen) atoms. The highest BCUT2D eigenvalue weighted by Crippen LogP contribution is 2.28. The van der Waals surface area contributed by atoms with Crippen molar-refractivity contribution in [3.8, 4) is 11.3 Å². The van der Waals surface area contributed by atoms with Gasteiger partial charge in [-0.25, -0.2) is 4.98 Å². The highest BCUT2D eigenvalue weighted by Gasteiger charge is 2.19. The van der Waals surface area contributed by atoms with Crippen molar-refractivity contribution < 1.29 is 13.6 Å². The van der Waals surface area contributed by atoms with Gasteiger partial charge < -0.3 is 30.1 Å². The molecule has 1 aliphatic rings. The van der Waals surface area contributed by atoms with Crippen LogP contribution in [0.4, 0.5) is 17.4 Å². The summed E-state index contributed by atoms with van der Waals surface area (Å²) in [5.41, 5.74) is 7.75. The van der Waals surface area contributed by atoms with Crippen LogP contribution in [-0.4, -0.2) is 37.1 Å². The zero-order valence-corrected chi connectivity index (χ0v) is 14.1. The minimum atomic E-state index is -0.401. The van der Waals surface area contributed by atoms with E-state index < -0.39 is 5.91 Å². The van der Waals surface area contributed by atoms with Gasteiger partial charge in [0.25, 0.3) is 11.9 Å². The van der Waals surface area contributed by atoms with E-state index in [1.54, 1.807) is 24.5 Å². The van der Waals surface area contributed by atoms with Crippen LogP contribution < -0.4 is 21.3 Å². The van der Waals surface area contributed by atoms with Gasteiger partial charge in [-0.1, -0.05) is 0 Å². The van der Waals surface area contributed by atoms with Crippen LogP contribution in [0.3, 0.4) is 0 Å². The van der Waals surface area contributed by atoms with Crippen LogP contribution in [0.15, 0.2) is 51.6 Å². The molecule has 1 amide bonds. The highest BCUT2D eigenvalue weighted by molar-refractivity contribution is 6.04. The number of nitrogens with zero attached hydrogens (tertiary/aromatic N) is 2. The zero-order chi connectivity index (χ0) is 17.9. The fourth-order valence-electron chi connectivity index (χ4n) is 2.82.